The molecule has 0 aliphatic heterocycles. The smallest absolute Gasteiger partial charge is 0.348 e. The lowest BCUT2D eigenvalue weighted by Crippen LogP contribution is -1.96. The van der Waals surface area contributed by atoms with Gasteiger partial charge < -0.3 is 10.1 Å². The largest absolute Gasteiger partial charge is 0.465 e. The Hall–Kier alpha value is -1.65. The Labute approximate surface area is 217 Å². The van der Waals surface area contributed by atoms with Gasteiger partial charge in [0.2, 0.25) is 0 Å². The summed E-state index contributed by atoms with van der Waals surface area (Å²) >= 11 is 8.17. The van der Waals surface area contributed by atoms with Crippen LogP contribution in [0.3, 0.4) is 0 Å². The molecule has 4 nitrogen and oxygen atoms in total. The molecule has 32 heavy (non-hydrogen) atoms. The number of anilines is 2. The summed E-state index contributed by atoms with van der Waals surface area (Å²) in [5, 5.41) is 6.29. The number of nitrogens with one attached hydrogen (secondary N) is 1. The molecule has 0 fully saturated rings. The fraction of sp³-hybridized carbons (Fsp3) is 0.130. The van der Waals surface area contributed by atoms with Crippen molar-refractivity contribution in [1.82, 2.24) is 4.98 Å². The Bertz CT molecular complexity index is 1320. The molecular formula is C23H18Br2N2O2S3. The number of thioether (sulfide) groups is 1. The molecule has 0 saturated carbocycles. The highest BCUT2D eigenvalue weighted by molar-refractivity contribution is 9.10. The molecule has 1 N–H and O–H groups in total. The van der Waals surface area contributed by atoms with E-state index in [0.29, 0.717) is 4.88 Å². The van der Waals surface area contributed by atoms with Crippen molar-refractivity contribution in [1.29, 1.82) is 0 Å². The van der Waals surface area contributed by atoms with Crippen molar-refractivity contribution in [3.8, 4) is 22.4 Å². The standard InChI is InChI=1S/C23H17BrN2O2S3.BrH/c1-28-21(27)20-10-18(22(29-2)31-20)19-11-30-23(26-19)25-15-4-6-17-13(9-15)7-12-8-14(24)3-5-16(12)17;/h3-6,8-11H,7H2,1-2H3,(H,25,26);1H. The normalized spacial score (nSPS) is 11.5. The summed E-state index contributed by atoms with van der Waals surface area (Å²) in [6.45, 7) is 0. The zero-order valence-corrected chi connectivity index (χ0v) is 22.8. The minimum atomic E-state index is -0.314. The molecule has 0 radical (unpaired) electrons. The molecule has 164 valence electrons. The number of rotatable bonds is 5. The van der Waals surface area contributed by atoms with Crippen molar-refractivity contribution in [2.45, 2.75) is 10.6 Å². The van der Waals surface area contributed by atoms with E-state index in [9.17, 15) is 4.79 Å². The van der Waals surface area contributed by atoms with Gasteiger partial charge in [0, 0.05) is 21.1 Å². The summed E-state index contributed by atoms with van der Waals surface area (Å²) < 4.78 is 7.03. The van der Waals surface area contributed by atoms with Gasteiger partial charge in [-0.1, -0.05) is 28.1 Å². The third kappa shape index (κ3) is 4.41. The Morgan fingerprint density at radius 3 is 2.62 bits per heavy atom. The second-order valence-electron chi connectivity index (χ2n) is 7.02. The Morgan fingerprint density at radius 2 is 1.88 bits per heavy atom. The minimum Gasteiger partial charge on any atom is -0.465 e. The summed E-state index contributed by atoms with van der Waals surface area (Å²) in [7, 11) is 1.40. The summed E-state index contributed by atoms with van der Waals surface area (Å²) in [5.74, 6) is -0.314. The van der Waals surface area contributed by atoms with Gasteiger partial charge in [-0.2, -0.15) is 0 Å². The number of aromatic nitrogens is 1. The highest BCUT2D eigenvalue weighted by Crippen LogP contribution is 2.41. The van der Waals surface area contributed by atoms with Crippen LogP contribution in [0.4, 0.5) is 10.8 Å². The van der Waals surface area contributed by atoms with E-state index in [-0.39, 0.29) is 23.0 Å². The summed E-state index contributed by atoms with van der Waals surface area (Å²) in [5.41, 5.74) is 8.13. The van der Waals surface area contributed by atoms with Gasteiger partial charge >= 0.3 is 5.97 Å². The molecule has 0 unspecified atom stereocenters. The van der Waals surface area contributed by atoms with Crippen molar-refractivity contribution < 1.29 is 9.53 Å². The van der Waals surface area contributed by atoms with Gasteiger partial charge in [-0.15, -0.1) is 51.4 Å². The van der Waals surface area contributed by atoms with E-state index in [2.05, 4.69) is 57.6 Å². The van der Waals surface area contributed by atoms with Gasteiger partial charge in [-0.05, 0) is 65.3 Å². The zero-order chi connectivity index (χ0) is 21.5. The van der Waals surface area contributed by atoms with E-state index >= 15 is 0 Å². The predicted molar refractivity (Wildman–Crippen MR) is 145 cm³/mol. The first-order valence-corrected chi connectivity index (χ1v) is 13.2. The number of hydrogen-bond acceptors (Lipinski definition) is 7. The van der Waals surface area contributed by atoms with Gasteiger partial charge in [0.1, 0.15) is 4.88 Å². The molecule has 2 aromatic carbocycles. The van der Waals surface area contributed by atoms with Crippen molar-refractivity contribution >= 4 is 84.1 Å². The van der Waals surface area contributed by atoms with Crippen LogP contribution in [-0.4, -0.2) is 24.3 Å². The van der Waals surface area contributed by atoms with Crippen molar-refractivity contribution in [2.75, 3.05) is 18.7 Å². The van der Waals surface area contributed by atoms with Crippen LogP contribution < -0.4 is 5.32 Å². The first-order valence-electron chi connectivity index (χ1n) is 9.46. The van der Waals surface area contributed by atoms with E-state index in [0.717, 1.165) is 37.2 Å². The Morgan fingerprint density at radius 1 is 1.12 bits per heavy atom. The second kappa shape index (κ2) is 9.69. The first kappa shape index (κ1) is 23.5. The van der Waals surface area contributed by atoms with Gasteiger partial charge in [0.15, 0.2) is 5.13 Å². The maximum atomic E-state index is 11.9. The van der Waals surface area contributed by atoms with Gasteiger partial charge in [-0.3, -0.25) is 0 Å². The van der Waals surface area contributed by atoms with Crippen LogP contribution in [0.15, 0.2) is 56.5 Å². The summed E-state index contributed by atoms with van der Waals surface area (Å²) in [4.78, 5) is 17.3. The average molecular weight is 610 g/mol. The number of benzene rings is 2. The number of fused-ring (bicyclic) bond motifs is 3. The molecule has 1 aliphatic carbocycles. The topological polar surface area (TPSA) is 51.2 Å². The molecule has 2 heterocycles. The van der Waals surface area contributed by atoms with Crippen LogP contribution >= 0.6 is 67.3 Å². The molecule has 0 saturated heterocycles. The number of esters is 1. The van der Waals surface area contributed by atoms with Crippen LogP contribution in [0.25, 0.3) is 22.4 Å². The number of carbonyl (C=O) groups is 1. The SMILES string of the molecule is Br.COC(=O)c1cc(-c2csc(Nc3ccc4c(c3)Cc3cc(Br)ccc3-4)n2)c(SC)s1. The molecule has 0 spiro atoms. The monoisotopic (exact) mass is 608 g/mol. The number of halogens is 2. The number of thiophene rings is 1. The second-order valence-corrected chi connectivity index (χ2v) is 10.9. The van der Waals surface area contributed by atoms with E-state index in [1.807, 2.05) is 17.7 Å². The maximum Gasteiger partial charge on any atom is 0.348 e. The molecule has 0 amide bonds. The fourth-order valence-corrected chi connectivity index (χ4v) is 6.68. The van der Waals surface area contributed by atoms with Gasteiger partial charge in [0.05, 0.1) is 17.0 Å². The van der Waals surface area contributed by atoms with Crippen LogP contribution in [0.5, 0.6) is 0 Å². The number of nitrogens with zero attached hydrogens (tertiary/aromatic N) is 1. The first-order chi connectivity index (χ1) is 15.1. The maximum absolute atomic E-state index is 11.9. The molecule has 0 atom stereocenters. The lowest BCUT2D eigenvalue weighted by Gasteiger charge is -2.06. The molecule has 0 bridgehead atoms. The molecular weight excluding hydrogens is 592 g/mol. The molecule has 4 aromatic rings. The molecule has 1 aliphatic rings. The Kier molecular flexibility index (Phi) is 7.11. The quantitative estimate of drug-likeness (QED) is 0.161. The van der Waals surface area contributed by atoms with E-state index in [4.69, 9.17) is 9.72 Å². The number of carbonyl (C=O) groups excluding carboxylic acids is 1. The van der Waals surface area contributed by atoms with Crippen LogP contribution in [0.2, 0.25) is 0 Å². The Balaban J connectivity index is 0.00000245. The van der Waals surface area contributed by atoms with Crippen LogP contribution in [-0.2, 0) is 11.2 Å². The lowest BCUT2D eigenvalue weighted by atomic mass is 10.1. The van der Waals surface area contributed by atoms with Crippen LogP contribution in [0, 0.1) is 0 Å². The molecule has 2 aromatic heterocycles. The molecule has 5 rings (SSSR count). The number of hydrogen-bond donors (Lipinski definition) is 1. The zero-order valence-electron chi connectivity index (χ0n) is 17.1. The van der Waals surface area contributed by atoms with E-state index in [1.165, 1.54) is 40.7 Å². The summed E-state index contributed by atoms with van der Waals surface area (Å²) in [6, 6.07) is 14.8. The third-order valence-electron chi connectivity index (χ3n) is 5.14. The van der Waals surface area contributed by atoms with Crippen LogP contribution in [0.1, 0.15) is 20.8 Å². The summed E-state index contributed by atoms with van der Waals surface area (Å²) in [6.07, 6.45) is 2.94. The predicted octanol–water partition coefficient (Wildman–Crippen LogP) is 8.04. The van der Waals surface area contributed by atoms with Gasteiger partial charge in [-0.25, -0.2) is 9.78 Å². The van der Waals surface area contributed by atoms with E-state index < -0.39 is 0 Å². The number of thiazole rings is 1. The minimum absolute atomic E-state index is 0. The molecule has 9 heteroatoms. The highest BCUT2D eigenvalue weighted by atomic mass is 79.9. The number of ether oxygens (including phenoxy) is 1. The fourth-order valence-electron chi connectivity index (χ4n) is 3.74. The van der Waals surface area contributed by atoms with Crippen molar-refractivity contribution in [3.05, 3.63) is 68.3 Å². The van der Waals surface area contributed by atoms with Crippen molar-refractivity contribution in [2.24, 2.45) is 0 Å². The lowest BCUT2D eigenvalue weighted by molar-refractivity contribution is 0.0606. The third-order valence-corrected chi connectivity index (χ3v) is 8.65. The van der Waals surface area contributed by atoms with E-state index in [1.54, 1.807) is 23.1 Å². The average Bonchev–Trinajstić information content (AvgIpc) is 3.48. The van der Waals surface area contributed by atoms with Crippen molar-refractivity contribution in [3.63, 3.8) is 0 Å². The highest BCUT2D eigenvalue weighted by Gasteiger charge is 2.20. The van der Waals surface area contributed by atoms with Gasteiger partial charge in [0.25, 0.3) is 0 Å². The number of methoxy groups -OCH3 is 1.